The Hall–Kier alpha value is -2.52. The molecule has 1 unspecified atom stereocenters. The van der Waals surface area contributed by atoms with E-state index in [1.54, 1.807) is 7.05 Å². The van der Waals surface area contributed by atoms with E-state index in [-0.39, 0.29) is 28.5 Å². The van der Waals surface area contributed by atoms with Gasteiger partial charge in [0, 0.05) is 30.3 Å². The lowest BCUT2D eigenvalue weighted by atomic mass is 10.0. The molecule has 1 atom stereocenters. The molecule has 0 bridgehead atoms. The quantitative estimate of drug-likeness (QED) is 0.788. The molecule has 0 radical (unpaired) electrons. The monoisotopic (exact) mass is 412 g/mol. The van der Waals surface area contributed by atoms with Crippen molar-refractivity contribution in [1.29, 1.82) is 0 Å². The van der Waals surface area contributed by atoms with Crippen LogP contribution in [0.15, 0.2) is 53.3 Å². The Kier molecular flexibility index (Phi) is 5.66. The molecule has 1 aromatic heterocycles. The van der Waals surface area contributed by atoms with Crippen LogP contribution in [0, 0.1) is 5.82 Å². The van der Waals surface area contributed by atoms with Crippen molar-refractivity contribution >= 4 is 15.6 Å². The fourth-order valence-corrected chi connectivity index (χ4v) is 4.51. The van der Waals surface area contributed by atoms with Crippen molar-refractivity contribution in [3.05, 3.63) is 65.5 Å². The van der Waals surface area contributed by atoms with Gasteiger partial charge < -0.3 is 10.1 Å². The Labute approximate surface area is 161 Å². The Balaban J connectivity index is 2.30. The van der Waals surface area contributed by atoms with Gasteiger partial charge in [-0.25, -0.2) is 25.6 Å². The van der Waals surface area contributed by atoms with Gasteiger partial charge in [-0.3, -0.25) is 0 Å². The largest absolute Gasteiger partial charge is 0.494 e. The third-order valence-corrected chi connectivity index (χ3v) is 5.97. The number of halogens is 3. The number of benzene rings is 1. The number of alkyl halides is 1. The number of allylic oxidation sites excluding steroid dienone is 4. The Morgan fingerprint density at radius 3 is 2.68 bits per heavy atom. The lowest BCUT2D eigenvalue weighted by molar-refractivity contribution is 0.370. The number of ether oxygens (including phenoxy) is 1. The highest BCUT2D eigenvalue weighted by Crippen LogP contribution is 2.39. The average Bonchev–Trinajstić information content (AvgIpc) is 3.01. The summed E-state index contributed by atoms with van der Waals surface area (Å²) in [5.74, 6) is -1.38. The number of nitrogens with zero attached hydrogens (tertiary/aromatic N) is 1. The summed E-state index contributed by atoms with van der Waals surface area (Å²) >= 11 is 0. The van der Waals surface area contributed by atoms with Crippen molar-refractivity contribution in [2.75, 3.05) is 14.2 Å². The molecule has 0 amide bonds. The number of hydrogen-bond donors (Lipinski definition) is 1. The van der Waals surface area contributed by atoms with Crippen LogP contribution in [0.3, 0.4) is 0 Å². The number of aromatic nitrogens is 1. The van der Waals surface area contributed by atoms with Crippen molar-refractivity contribution in [2.45, 2.75) is 24.0 Å². The minimum Gasteiger partial charge on any atom is -0.494 e. The summed E-state index contributed by atoms with van der Waals surface area (Å²) in [6.45, 7) is 0.242. The van der Waals surface area contributed by atoms with Crippen LogP contribution in [0.1, 0.15) is 17.7 Å². The van der Waals surface area contributed by atoms with E-state index in [1.165, 1.54) is 31.5 Å². The molecular formula is C19H19F3N2O3S. The lowest BCUT2D eigenvalue weighted by Crippen LogP contribution is -2.16. The number of nitrogens with one attached hydrogen (secondary N) is 1. The van der Waals surface area contributed by atoms with Gasteiger partial charge in [0.25, 0.3) is 10.0 Å². The van der Waals surface area contributed by atoms with Crippen LogP contribution in [-0.2, 0) is 16.6 Å². The molecule has 1 heterocycles. The van der Waals surface area contributed by atoms with Gasteiger partial charge in [0.1, 0.15) is 29.3 Å². The summed E-state index contributed by atoms with van der Waals surface area (Å²) in [4.78, 5) is -0.299. The minimum atomic E-state index is -4.27. The summed E-state index contributed by atoms with van der Waals surface area (Å²) in [7, 11) is -1.28. The fraction of sp³-hybridized carbons (Fsp3) is 0.263. The SMILES string of the molecule is CNCc1cn(S(=O)(=O)c2cccc(F)c2)c(C2=C(F)CC(F)C=C2)c1OC. The normalized spacial score (nSPS) is 17.2. The molecular weight excluding hydrogens is 393 g/mol. The Morgan fingerprint density at radius 2 is 2.07 bits per heavy atom. The number of methoxy groups -OCH3 is 1. The second-order valence-corrected chi connectivity index (χ2v) is 8.04. The smallest absolute Gasteiger partial charge is 0.268 e. The Morgan fingerprint density at radius 1 is 1.32 bits per heavy atom. The minimum absolute atomic E-state index is 0.0716. The molecule has 0 aliphatic heterocycles. The zero-order valence-corrected chi connectivity index (χ0v) is 16.1. The molecule has 0 fully saturated rings. The second kappa shape index (κ2) is 7.84. The molecule has 1 aliphatic rings. The molecule has 9 heteroatoms. The standard InChI is InChI=1S/C19H19F3N2O3S/c1-23-10-12-11-24(28(25,26)15-5-3-4-13(20)8-15)18(19(12)27-2)16-7-6-14(21)9-17(16)22/h3-8,11,14,23H,9-10H2,1-2H3. The first-order chi connectivity index (χ1) is 13.3. The topological polar surface area (TPSA) is 60.3 Å². The molecule has 1 aromatic carbocycles. The van der Waals surface area contributed by atoms with Crippen LogP contribution in [-0.4, -0.2) is 32.7 Å². The summed E-state index contributed by atoms with van der Waals surface area (Å²) < 4.78 is 74.3. The maximum atomic E-state index is 14.6. The van der Waals surface area contributed by atoms with Crippen LogP contribution >= 0.6 is 0 Å². The summed E-state index contributed by atoms with van der Waals surface area (Å²) in [6, 6.07) is 4.51. The molecule has 0 saturated carbocycles. The van der Waals surface area contributed by atoms with Gasteiger partial charge >= 0.3 is 0 Å². The van der Waals surface area contributed by atoms with E-state index < -0.39 is 34.3 Å². The molecule has 1 N–H and O–H groups in total. The number of rotatable bonds is 6. The maximum Gasteiger partial charge on any atom is 0.268 e. The fourth-order valence-electron chi connectivity index (χ4n) is 3.08. The summed E-state index contributed by atoms with van der Waals surface area (Å²) in [6.07, 6.45) is 1.65. The zero-order valence-electron chi connectivity index (χ0n) is 15.2. The predicted octanol–water partition coefficient (Wildman–Crippen LogP) is 3.57. The maximum absolute atomic E-state index is 14.6. The highest BCUT2D eigenvalue weighted by atomic mass is 32.2. The summed E-state index contributed by atoms with van der Waals surface area (Å²) in [5, 5.41) is 2.88. The van der Waals surface area contributed by atoms with E-state index in [0.717, 1.165) is 22.2 Å². The van der Waals surface area contributed by atoms with Crippen LogP contribution in [0.5, 0.6) is 5.75 Å². The van der Waals surface area contributed by atoms with Gasteiger partial charge in [-0.2, -0.15) is 0 Å². The second-order valence-electron chi connectivity index (χ2n) is 6.22. The molecule has 0 saturated heterocycles. The zero-order chi connectivity index (χ0) is 20.5. The molecule has 5 nitrogen and oxygen atoms in total. The predicted molar refractivity (Wildman–Crippen MR) is 99.4 cm³/mol. The van der Waals surface area contributed by atoms with Crippen molar-refractivity contribution < 1.29 is 26.3 Å². The highest BCUT2D eigenvalue weighted by Gasteiger charge is 2.30. The molecule has 2 aromatic rings. The molecule has 3 rings (SSSR count). The van der Waals surface area contributed by atoms with Gasteiger partial charge in [-0.15, -0.1) is 0 Å². The van der Waals surface area contributed by atoms with Crippen molar-refractivity contribution in [1.82, 2.24) is 9.29 Å². The van der Waals surface area contributed by atoms with Crippen molar-refractivity contribution in [3.8, 4) is 5.75 Å². The third kappa shape index (κ3) is 3.59. The van der Waals surface area contributed by atoms with E-state index in [4.69, 9.17) is 4.74 Å². The van der Waals surface area contributed by atoms with E-state index in [9.17, 15) is 21.6 Å². The van der Waals surface area contributed by atoms with Crippen LogP contribution in [0.25, 0.3) is 5.57 Å². The first-order valence-electron chi connectivity index (χ1n) is 8.44. The lowest BCUT2D eigenvalue weighted by Gasteiger charge is -2.17. The third-order valence-electron chi connectivity index (χ3n) is 4.32. The summed E-state index contributed by atoms with van der Waals surface area (Å²) in [5.41, 5.74) is 0.293. The Bertz CT molecular complexity index is 1060. The van der Waals surface area contributed by atoms with Crippen molar-refractivity contribution in [3.63, 3.8) is 0 Å². The van der Waals surface area contributed by atoms with Gasteiger partial charge in [-0.05, 0) is 31.3 Å². The van der Waals surface area contributed by atoms with Crippen molar-refractivity contribution in [2.24, 2.45) is 0 Å². The first kappa shape index (κ1) is 20.2. The van der Waals surface area contributed by atoms with Gasteiger partial charge in [0.15, 0.2) is 0 Å². The van der Waals surface area contributed by atoms with Gasteiger partial charge in [0.2, 0.25) is 0 Å². The van der Waals surface area contributed by atoms with Gasteiger partial charge in [0.05, 0.1) is 12.0 Å². The number of hydrogen-bond acceptors (Lipinski definition) is 4. The highest BCUT2D eigenvalue weighted by molar-refractivity contribution is 7.90. The molecule has 150 valence electrons. The van der Waals surface area contributed by atoms with E-state index in [2.05, 4.69) is 5.32 Å². The first-order valence-corrected chi connectivity index (χ1v) is 9.88. The average molecular weight is 412 g/mol. The molecule has 28 heavy (non-hydrogen) atoms. The van der Waals surface area contributed by atoms with E-state index in [1.807, 2.05) is 0 Å². The van der Waals surface area contributed by atoms with Crippen LogP contribution in [0.4, 0.5) is 13.2 Å². The van der Waals surface area contributed by atoms with Crippen LogP contribution in [0.2, 0.25) is 0 Å². The molecule has 0 spiro atoms. The van der Waals surface area contributed by atoms with E-state index >= 15 is 0 Å². The van der Waals surface area contributed by atoms with E-state index in [0.29, 0.717) is 5.56 Å². The molecule has 1 aliphatic carbocycles. The van der Waals surface area contributed by atoms with Gasteiger partial charge in [-0.1, -0.05) is 12.1 Å². The van der Waals surface area contributed by atoms with Crippen LogP contribution < -0.4 is 10.1 Å².